The molecule has 1 aromatic heterocycles. The highest BCUT2D eigenvalue weighted by Gasteiger charge is 2.24. The topological polar surface area (TPSA) is 50.5 Å². The maximum atomic E-state index is 12.1. The van der Waals surface area contributed by atoms with E-state index in [1.54, 1.807) is 22.0 Å². The number of thioether (sulfide) groups is 1. The lowest BCUT2D eigenvalue weighted by atomic mass is 10.3. The molecule has 2 heterocycles. The van der Waals surface area contributed by atoms with Crippen molar-refractivity contribution in [3.63, 3.8) is 0 Å². The van der Waals surface area contributed by atoms with Gasteiger partial charge in [0.25, 0.3) is 5.91 Å². The molecule has 0 aliphatic carbocycles. The van der Waals surface area contributed by atoms with E-state index >= 15 is 0 Å². The van der Waals surface area contributed by atoms with E-state index in [1.165, 1.54) is 11.8 Å². The van der Waals surface area contributed by atoms with Crippen molar-refractivity contribution >= 4 is 22.8 Å². The van der Waals surface area contributed by atoms with Crippen LogP contribution in [0.5, 0.6) is 0 Å². The summed E-state index contributed by atoms with van der Waals surface area (Å²) in [5.74, 6) is -0.00898. The van der Waals surface area contributed by atoms with Gasteiger partial charge in [0.1, 0.15) is 0 Å². The van der Waals surface area contributed by atoms with Crippen molar-refractivity contribution in [2.45, 2.75) is 13.5 Å². The summed E-state index contributed by atoms with van der Waals surface area (Å²) < 4.78 is 1.75. The standard InChI is InChI=1S/C10H14N4OS/c1-3-13-7-8(6-12-13)9(15)14-5-4-11-10(14)16-2/h6-7H,3-5H2,1-2H3. The van der Waals surface area contributed by atoms with Gasteiger partial charge >= 0.3 is 0 Å². The number of hydrogen-bond acceptors (Lipinski definition) is 4. The van der Waals surface area contributed by atoms with Crippen molar-refractivity contribution < 1.29 is 4.79 Å². The van der Waals surface area contributed by atoms with Crippen molar-refractivity contribution in [3.05, 3.63) is 18.0 Å². The van der Waals surface area contributed by atoms with Crippen LogP contribution in [0.1, 0.15) is 17.3 Å². The first kappa shape index (κ1) is 11.2. The van der Waals surface area contributed by atoms with Gasteiger partial charge in [-0.15, -0.1) is 0 Å². The summed E-state index contributed by atoms with van der Waals surface area (Å²) in [6, 6.07) is 0. The third-order valence-corrected chi connectivity index (χ3v) is 3.15. The predicted octanol–water partition coefficient (Wildman–Crippen LogP) is 1.08. The molecule has 1 aromatic rings. The van der Waals surface area contributed by atoms with Gasteiger partial charge in [0.15, 0.2) is 5.17 Å². The summed E-state index contributed by atoms with van der Waals surface area (Å²) in [5, 5.41) is 4.90. The first-order valence-corrected chi connectivity index (χ1v) is 6.41. The zero-order valence-electron chi connectivity index (χ0n) is 9.38. The fraction of sp³-hybridized carbons (Fsp3) is 0.500. The Hall–Kier alpha value is -1.30. The molecule has 0 N–H and O–H groups in total. The van der Waals surface area contributed by atoms with Gasteiger partial charge in [0.05, 0.1) is 18.3 Å². The van der Waals surface area contributed by atoms with Gasteiger partial charge in [0.2, 0.25) is 0 Å². The summed E-state index contributed by atoms with van der Waals surface area (Å²) in [7, 11) is 0. The van der Waals surface area contributed by atoms with Crippen LogP contribution in [-0.4, -0.2) is 45.1 Å². The number of amides is 1. The van der Waals surface area contributed by atoms with Gasteiger partial charge in [-0.3, -0.25) is 19.4 Å². The normalized spacial score (nSPS) is 15.4. The van der Waals surface area contributed by atoms with Gasteiger partial charge < -0.3 is 0 Å². The Balaban J connectivity index is 2.16. The van der Waals surface area contributed by atoms with Crippen molar-refractivity contribution in [1.29, 1.82) is 0 Å². The number of carbonyl (C=O) groups is 1. The number of aryl methyl sites for hydroxylation is 1. The Labute approximate surface area is 98.5 Å². The Morgan fingerprint density at radius 1 is 1.62 bits per heavy atom. The van der Waals surface area contributed by atoms with E-state index in [1.807, 2.05) is 13.2 Å². The van der Waals surface area contributed by atoms with E-state index in [0.717, 1.165) is 11.7 Å². The summed E-state index contributed by atoms with van der Waals surface area (Å²) in [4.78, 5) is 18.1. The predicted molar refractivity (Wildman–Crippen MR) is 64.8 cm³/mol. The van der Waals surface area contributed by atoms with E-state index in [9.17, 15) is 4.79 Å². The lowest BCUT2D eigenvalue weighted by Crippen LogP contribution is -2.32. The molecule has 0 saturated carbocycles. The third-order valence-electron chi connectivity index (χ3n) is 2.43. The molecule has 16 heavy (non-hydrogen) atoms. The number of aliphatic imine (C=N–C) groups is 1. The molecule has 1 aliphatic heterocycles. The molecule has 1 amide bonds. The van der Waals surface area contributed by atoms with Crippen LogP contribution in [0.4, 0.5) is 0 Å². The minimum Gasteiger partial charge on any atom is -0.286 e. The minimum atomic E-state index is -0.00898. The quantitative estimate of drug-likeness (QED) is 0.774. The monoisotopic (exact) mass is 238 g/mol. The summed E-state index contributed by atoms with van der Waals surface area (Å²) >= 11 is 1.50. The van der Waals surface area contributed by atoms with E-state index in [0.29, 0.717) is 18.7 Å². The molecule has 0 radical (unpaired) electrons. The highest BCUT2D eigenvalue weighted by atomic mass is 32.2. The molecular weight excluding hydrogens is 224 g/mol. The third kappa shape index (κ3) is 1.97. The van der Waals surface area contributed by atoms with Crippen LogP contribution in [0.3, 0.4) is 0 Å². The first-order chi connectivity index (χ1) is 7.76. The van der Waals surface area contributed by atoms with Gasteiger partial charge in [-0.2, -0.15) is 5.10 Å². The van der Waals surface area contributed by atoms with Crippen molar-refractivity contribution in [1.82, 2.24) is 14.7 Å². The fourth-order valence-electron chi connectivity index (χ4n) is 1.59. The molecule has 0 bridgehead atoms. The highest BCUT2D eigenvalue weighted by molar-refractivity contribution is 8.13. The largest absolute Gasteiger partial charge is 0.286 e. The molecule has 0 spiro atoms. The molecule has 6 heteroatoms. The molecule has 2 rings (SSSR count). The lowest BCUT2D eigenvalue weighted by molar-refractivity contribution is 0.0860. The van der Waals surface area contributed by atoms with E-state index in [-0.39, 0.29) is 5.91 Å². The van der Waals surface area contributed by atoms with Gasteiger partial charge in [-0.05, 0) is 13.2 Å². The van der Waals surface area contributed by atoms with Gasteiger partial charge in [-0.25, -0.2) is 0 Å². The van der Waals surface area contributed by atoms with Crippen LogP contribution in [0, 0.1) is 0 Å². The summed E-state index contributed by atoms with van der Waals surface area (Å²) in [6.07, 6.45) is 5.32. The number of carbonyl (C=O) groups excluding carboxylic acids is 1. The zero-order valence-corrected chi connectivity index (χ0v) is 10.2. The summed E-state index contributed by atoms with van der Waals surface area (Å²) in [6.45, 7) is 4.14. The number of hydrogen-bond donors (Lipinski definition) is 0. The molecule has 1 aliphatic rings. The first-order valence-electron chi connectivity index (χ1n) is 5.19. The average molecular weight is 238 g/mol. The maximum absolute atomic E-state index is 12.1. The molecule has 0 saturated heterocycles. The van der Waals surface area contributed by atoms with Crippen LogP contribution in [0.15, 0.2) is 17.4 Å². The Morgan fingerprint density at radius 3 is 3.06 bits per heavy atom. The zero-order chi connectivity index (χ0) is 11.5. The van der Waals surface area contributed by atoms with Crippen LogP contribution < -0.4 is 0 Å². The molecule has 86 valence electrons. The van der Waals surface area contributed by atoms with Crippen molar-refractivity contribution in [3.8, 4) is 0 Å². The van der Waals surface area contributed by atoms with Crippen LogP contribution >= 0.6 is 11.8 Å². The number of nitrogens with zero attached hydrogens (tertiary/aromatic N) is 4. The molecule has 0 aromatic carbocycles. The summed E-state index contributed by atoms with van der Waals surface area (Å²) in [5.41, 5.74) is 0.630. The SMILES string of the molecule is CCn1cc(C(=O)N2CCN=C2SC)cn1. The van der Waals surface area contributed by atoms with E-state index < -0.39 is 0 Å². The second kappa shape index (κ2) is 4.69. The molecule has 0 unspecified atom stereocenters. The van der Waals surface area contributed by atoms with Gasteiger partial charge in [0, 0.05) is 19.3 Å². The molecule has 0 atom stereocenters. The minimum absolute atomic E-state index is 0.00898. The Kier molecular flexibility index (Phi) is 3.28. The number of aromatic nitrogens is 2. The highest BCUT2D eigenvalue weighted by Crippen LogP contribution is 2.15. The Bertz CT molecular complexity index is 426. The second-order valence-corrected chi connectivity index (χ2v) is 4.18. The maximum Gasteiger partial charge on any atom is 0.263 e. The fourth-order valence-corrected chi connectivity index (χ4v) is 2.21. The smallest absolute Gasteiger partial charge is 0.263 e. The van der Waals surface area contributed by atoms with Gasteiger partial charge in [-0.1, -0.05) is 11.8 Å². The van der Waals surface area contributed by atoms with Crippen LogP contribution in [0.25, 0.3) is 0 Å². The number of amidine groups is 1. The van der Waals surface area contributed by atoms with E-state index in [4.69, 9.17) is 0 Å². The molecule has 0 fully saturated rings. The van der Waals surface area contributed by atoms with Crippen molar-refractivity contribution in [2.24, 2.45) is 4.99 Å². The lowest BCUT2D eigenvalue weighted by Gasteiger charge is -2.15. The molecule has 5 nitrogen and oxygen atoms in total. The Morgan fingerprint density at radius 2 is 2.44 bits per heavy atom. The van der Waals surface area contributed by atoms with E-state index in [2.05, 4.69) is 10.1 Å². The van der Waals surface area contributed by atoms with Crippen LogP contribution in [0.2, 0.25) is 0 Å². The molecular formula is C10H14N4OS. The van der Waals surface area contributed by atoms with Crippen LogP contribution in [-0.2, 0) is 6.54 Å². The second-order valence-electron chi connectivity index (χ2n) is 3.41. The van der Waals surface area contributed by atoms with Crippen molar-refractivity contribution in [2.75, 3.05) is 19.3 Å². The average Bonchev–Trinajstić information content (AvgIpc) is 2.96. The number of rotatable bonds is 2.